The van der Waals surface area contributed by atoms with Gasteiger partial charge in [-0.15, -0.1) is 0 Å². The van der Waals surface area contributed by atoms with E-state index in [0.29, 0.717) is 28.6 Å². The average molecular weight is 475 g/mol. The number of benzene rings is 2. The molecular formula is C21H18N2O7S2. The van der Waals surface area contributed by atoms with E-state index in [2.05, 4.69) is 0 Å². The van der Waals surface area contributed by atoms with Crippen molar-refractivity contribution < 1.29 is 29.1 Å². The maximum atomic E-state index is 12.4. The third kappa shape index (κ3) is 5.62. The normalized spacial score (nSPS) is 14.7. The summed E-state index contributed by atoms with van der Waals surface area (Å²) in [5.41, 5.74) is 1.41. The quantitative estimate of drug-likeness (QED) is 0.250. The minimum Gasteiger partial charge on any atom is -0.490 e. The molecule has 0 saturated carbocycles. The van der Waals surface area contributed by atoms with Crippen molar-refractivity contribution in [3.63, 3.8) is 0 Å². The highest BCUT2D eigenvalue weighted by Gasteiger charge is 2.33. The summed E-state index contributed by atoms with van der Waals surface area (Å²) in [6.07, 6.45) is 1.61. The van der Waals surface area contributed by atoms with E-state index in [4.69, 9.17) is 26.8 Å². The average Bonchev–Trinajstić information content (AvgIpc) is 3.00. The van der Waals surface area contributed by atoms with E-state index < -0.39 is 23.3 Å². The summed E-state index contributed by atoms with van der Waals surface area (Å²) < 4.78 is 11.7. The number of carboxylic acid groups (broad SMARTS) is 1. The number of hydrogen-bond donors (Lipinski definition) is 1. The number of carbonyl (C=O) groups is 2. The molecule has 0 spiro atoms. The Kier molecular flexibility index (Phi) is 7.44. The van der Waals surface area contributed by atoms with Gasteiger partial charge in [-0.2, -0.15) is 0 Å². The zero-order valence-electron chi connectivity index (χ0n) is 16.8. The van der Waals surface area contributed by atoms with Gasteiger partial charge in [0.15, 0.2) is 11.5 Å². The molecule has 0 aromatic heterocycles. The fraction of sp³-hybridized carbons (Fsp3) is 0.190. The molecule has 0 radical (unpaired) electrons. The molecule has 9 nitrogen and oxygen atoms in total. The van der Waals surface area contributed by atoms with Crippen LogP contribution in [0.2, 0.25) is 0 Å². The van der Waals surface area contributed by atoms with Crippen LogP contribution in [0.15, 0.2) is 47.4 Å². The van der Waals surface area contributed by atoms with E-state index >= 15 is 0 Å². The van der Waals surface area contributed by atoms with Crippen LogP contribution in [0.25, 0.3) is 6.08 Å². The molecule has 1 amide bonds. The SMILES string of the molecule is CCOc1cc(/C=C2/SC(=S)N(CC(=O)O)C2=O)ccc1OCc1ccc([N+](=O)[O-])cc1. The summed E-state index contributed by atoms with van der Waals surface area (Å²) in [7, 11) is 0. The monoisotopic (exact) mass is 474 g/mol. The lowest BCUT2D eigenvalue weighted by Gasteiger charge is -2.13. The van der Waals surface area contributed by atoms with Crippen molar-refractivity contribution in [3.8, 4) is 11.5 Å². The molecule has 11 heteroatoms. The number of ether oxygens (including phenoxy) is 2. The van der Waals surface area contributed by atoms with Gasteiger partial charge in [-0.3, -0.25) is 24.6 Å². The number of amides is 1. The van der Waals surface area contributed by atoms with Gasteiger partial charge >= 0.3 is 5.97 Å². The molecule has 0 unspecified atom stereocenters. The third-order valence-electron chi connectivity index (χ3n) is 4.27. The molecule has 1 aliphatic heterocycles. The number of nitrogens with zero attached hydrogens (tertiary/aromatic N) is 2. The van der Waals surface area contributed by atoms with E-state index in [1.165, 1.54) is 12.1 Å². The van der Waals surface area contributed by atoms with Crippen LogP contribution in [0.4, 0.5) is 5.69 Å². The Morgan fingerprint density at radius 2 is 1.94 bits per heavy atom. The number of carboxylic acids is 1. The molecule has 1 fully saturated rings. The van der Waals surface area contributed by atoms with Crippen LogP contribution in [-0.4, -0.2) is 44.3 Å². The largest absolute Gasteiger partial charge is 0.490 e. The Labute approximate surface area is 192 Å². The predicted octanol–water partition coefficient (Wildman–Crippen LogP) is 3.86. The number of carbonyl (C=O) groups excluding carboxylic acids is 1. The standard InChI is InChI=1S/C21H18N2O7S2/c1-2-29-17-9-14(10-18-20(26)22(11-19(24)25)21(31)32-18)5-8-16(17)30-12-13-3-6-15(7-4-13)23(27)28/h3-10H,2,11-12H2,1H3,(H,24,25)/b18-10+. The zero-order valence-corrected chi connectivity index (χ0v) is 18.5. The Morgan fingerprint density at radius 3 is 2.56 bits per heavy atom. The molecule has 0 bridgehead atoms. The molecule has 32 heavy (non-hydrogen) atoms. The molecule has 0 atom stereocenters. The van der Waals surface area contributed by atoms with Crippen LogP contribution < -0.4 is 9.47 Å². The van der Waals surface area contributed by atoms with Gasteiger partial charge < -0.3 is 14.6 Å². The van der Waals surface area contributed by atoms with Crippen molar-refractivity contribution in [2.24, 2.45) is 0 Å². The zero-order chi connectivity index (χ0) is 23.3. The first-order chi connectivity index (χ1) is 15.3. The molecule has 1 heterocycles. The molecule has 3 rings (SSSR count). The Balaban J connectivity index is 1.76. The van der Waals surface area contributed by atoms with Crippen molar-refractivity contribution in [2.45, 2.75) is 13.5 Å². The summed E-state index contributed by atoms with van der Waals surface area (Å²) in [4.78, 5) is 35.0. The van der Waals surface area contributed by atoms with Crippen LogP contribution in [0.3, 0.4) is 0 Å². The fourth-order valence-electron chi connectivity index (χ4n) is 2.80. The van der Waals surface area contributed by atoms with Gasteiger partial charge in [-0.25, -0.2) is 0 Å². The highest BCUT2D eigenvalue weighted by Crippen LogP contribution is 2.35. The minimum absolute atomic E-state index is 0.00174. The first-order valence-corrected chi connectivity index (χ1v) is 10.6. The lowest BCUT2D eigenvalue weighted by molar-refractivity contribution is -0.384. The van der Waals surface area contributed by atoms with E-state index in [0.717, 1.165) is 22.2 Å². The summed E-state index contributed by atoms with van der Waals surface area (Å²) in [5, 5.41) is 19.7. The number of rotatable bonds is 9. The molecule has 0 aliphatic carbocycles. The maximum Gasteiger partial charge on any atom is 0.323 e. The number of hydrogen-bond acceptors (Lipinski definition) is 8. The summed E-state index contributed by atoms with van der Waals surface area (Å²) in [5.74, 6) is -0.667. The number of nitro groups is 1. The predicted molar refractivity (Wildman–Crippen MR) is 123 cm³/mol. The van der Waals surface area contributed by atoms with Crippen molar-refractivity contribution >= 4 is 51.9 Å². The van der Waals surface area contributed by atoms with E-state index in [1.54, 1.807) is 36.4 Å². The lowest BCUT2D eigenvalue weighted by atomic mass is 10.1. The molecule has 1 saturated heterocycles. The third-order valence-corrected chi connectivity index (χ3v) is 5.65. The molecular weight excluding hydrogens is 456 g/mol. The lowest BCUT2D eigenvalue weighted by Crippen LogP contribution is -2.33. The number of aliphatic carboxylic acids is 1. The number of nitro benzene ring substituents is 1. The molecule has 1 aliphatic rings. The second-order valence-corrected chi connectivity index (χ2v) is 8.19. The van der Waals surface area contributed by atoms with Crippen molar-refractivity contribution in [2.75, 3.05) is 13.2 Å². The van der Waals surface area contributed by atoms with Gasteiger partial charge in [0.1, 0.15) is 17.5 Å². The molecule has 2 aromatic carbocycles. The van der Waals surface area contributed by atoms with Gasteiger partial charge in [0, 0.05) is 12.1 Å². The summed E-state index contributed by atoms with van der Waals surface area (Å²) in [6, 6.07) is 11.2. The number of thiocarbonyl (C=S) groups is 1. The van der Waals surface area contributed by atoms with Gasteiger partial charge in [-0.05, 0) is 48.4 Å². The Bertz CT molecular complexity index is 1100. The summed E-state index contributed by atoms with van der Waals surface area (Å²) in [6.45, 7) is 1.91. The second-order valence-electron chi connectivity index (χ2n) is 6.51. The Hall–Kier alpha value is -3.44. The highest BCUT2D eigenvalue weighted by atomic mass is 32.2. The molecule has 166 valence electrons. The van der Waals surface area contributed by atoms with Crippen LogP contribution in [0.1, 0.15) is 18.1 Å². The van der Waals surface area contributed by atoms with Gasteiger partial charge in [-0.1, -0.05) is 30.0 Å². The van der Waals surface area contributed by atoms with Crippen LogP contribution in [-0.2, 0) is 16.2 Å². The number of thioether (sulfide) groups is 1. The van der Waals surface area contributed by atoms with Gasteiger partial charge in [0.05, 0.1) is 16.4 Å². The van der Waals surface area contributed by atoms with Crippen LogP contribution >= 0.6 is 24.0 Å². The number of non-ortho nitro benzene ring substituents is 1. The van der Waals surface area contributed by atoms with E-state index in [9.17, 15) is 19.7 Å². The van der Waals surface area contributed by atoms with Crippen molar-refractivity contribution in [3.05, 3.63) is 68.6 Å². The van der Waals surface area contributed by atoms with Gasteiger partial charge in [0.2, 0.25) is 0 Å². The highest BCUT2D eigenvalue weighted by molar-refractivity contribution is 8.26. The first-order valence-electron chi connectivity index (χ1n) is 9.38. The maximum absolute atomic E-state index is 12.4. The van der Waals surface area contributed by atoms with E-state index in [-0.39, 0.29) is 16.6 Å². The molecule has 2 aromatic rings. The van der Waals surface area contributed by atoms with Crippen LogP contribution in [0.5, 0.6) is 11.5 Å². The second kappa shape index (κ2) is 10.2. The van der Waals surface area contributed by atoms with Crippen molar-refractivity contribution in [1.29, 1.82) is 0 Å². The Morgan fingerprint density at radius 1 is 1.22 bits per heavy atom. The van der Waals surface area contributed by atoms with E-state index in [1.807, 2.05) is 6.92 Å². The summed E-state index contributed by atoms with van der Waals surface area (Å²) >= 11 is 6.14. The fourth-order valence-corrected chi connectivity index (χ4v) is 4.05. The minimum atomic E-state index is -1.14. The molecule has 1 N–H and O–H groups in total. The topological polar surface area (TPSA) is 119 Å². The van der Waals surface area contributed by atoms with Crippen molar-refractivity contribution in [1.82, 2.24) is 4.90 Å². The first kappa shape index (κ1) is 23.2. The van der Waals surface area contributed by atoms with Crippen LogP contribution in [0, 0.1) is 10.1 Å². The smallest absolute Gasteiger partial charge is 0.323 e. The van der Waals surface area contributed by atoms with Gasteiger partial charge in [0.25, 0.3) is 11.6 Å².